The van der Waals surface area contributed by atoms with Crippen molar-refractivity contribution >= 4 is 17.3 Å². The van der Waals surface area contributed by atoms with Crippen LogP contribution < -0.4 is 21.3 Å². The van der Waals surface area contributed by atoms with Crippen molar-refractivity contribution in [1.29, 1.82) is 0 Å². The lowest BCUT2D eigenvalue weighted by molar-refractivity contribution is 0.103. The van der Waals surface area contributed by atoms with E-state index in [-0.39, 0.29) is 5.78 Å². The number of ether oxygens (including phenoxy) is 1. The zero-order valence-electron chi connectivity index (χ0n) is 16.7. The van der Waals surface area contributed by atoms with E-state index in [1.165, 1.54) is 11.6 Å². The number of hydrogen-bond donors (Lipinski definition) is 1. The molecule has 5 rings (SSSR count). The van der Waals surface area contributed by atoms with Gasteiger partial charge < -0.3 is 10.1 Å². The minimum absolute atomic E-state index is 0.123. The Bertz CT molecular complexity index is 1390. The number of rotatable bonds is 2. The molecule has 30 heavy (non-hydrogen) atoms. The number of allylic oxidation sites excluding steroid dienone is 1. The van der Waals surface area contributed by atoms with Crippen LogP contribution in [0.2, 0.25) is 0 Å². The molecule has 0 spiro atoms. The number of aromatic nitrogens is 2. The summed E-state index contributed by atoms with van der Waals surface area (Å²) in [6.07, 6.45) is 0. The summed E-state index contributed by atoms with van der Waals surface area (Å²) in [5.74, 6) is 0.276. The van der Waals surface area contributed by atoms with Crippen LogP contribution in [0.4, 0.5) is 5.82 Å². The number of methoxy groups -OCH3 is 1. The average molecular weight is 401 g/mol. The van der Waals surface area contributed by atoms with E-state index in [0.29, 0.717) is 34.0 Å². The van der Waals surface area contributed by atoms with Crippen LogP contribution in [0.3, 0.4) is 0 Å². The van der Waals surface area contributed by atoms with E-state index in [1.54, 1.807) is 20.2 Å². The summed E-state index contributed by atoms with van der Waals surface area (Å²) in [5, 5.41) is 3.23. The Morgan fingerprint density at radius 2 is 1.67 bits per heavy atom. The van der Waals surface area contributed by atoms with E-state index >= 15 is 0 Å². The monoisotopic (exact) mass is 401 g/mol. The molecule has 1 atom stereocenters. The second-order valence-electron chi connectivity index (χ2n) is 7.47. The van der Waals surface area contributed by atoms with Crippen LogP contribution in [-0.2, 0) is 14.1 Å². The quantitative estimate of drug-likeness (QED) is 0.712. The van der Waals surface area contributed by atoms with Crippen molar-refractivity contribution < 1.29 is 9.53 Å². The third-order valence-corrected chi connectivity index (χ3v) is 5.90. The smallest absolute Gasteiger partial charge is 0.332 e. The second-order valence-corrected chi connectivity index (χ2v) is 7.47. The highest BCUT2D eigenvalue weighted by Crippen LogP contribution is 2.48. The van der Waals surface area contributed by atoms with Crippen molar-refractivity contribution in [3.05, 3.63) is 97.2 Å². The number of Topliss-reactive ketones (excluding diaryl/α,β-unsaturated/α-hetero) is 1. The number of carbonyl (C=O) groups excluding carboxylic acids is 1. The van der Waals surface area contributed by atoms with Crippen LogP contribution in [0.15, 0.2) is 63.7 Å². The molecular formula is C23H19N3O4. The van der Waals surface area contributed by atoms with Gasteiger partial charge in [-0.15, -0.1) is 0 Å². The SMILES string of the molecule is COc1cccc([C@H]2C3=C(Nc4c2c(=O)n(C)c(=O)n4C)c2ccccc2C3=O)c1. The Hall–Kier alpha value is -3.87. The van der Waals surface area contributed by atoms with Crippen molar-refractivity contribution in [2.45, 2.75) is 5.92 Å². The molecule has 150 valence electrons. The average Bonchev–Trinajstić information content (AvgIpc) is 3.07. The number of nitrogens with zero attached hydrogens (tertiary/aromatic N) is 2. The van der Waals surface area contributed by atoms with Gasteiger partial charge >= 0.3 is 5.69 Å². The molecule has 0 fully saturated rings. The standard InChI is InChI=1S/C23H19N3O4/c1-25-21-18(22(28)26(2)23(25)29)16(12-7-6-8-13(11-12)30-3)17-19(24-21)14-9-4-5-10-15(14)20(17)27/h4-11,16,24H,1-3H3/t16-/m0/s1. The minimum atomic E-state index is -0.628. The topological polar surface area (TPSA) is 82.3 Å². The van der Waals surface area contributed by atoms with Crippen LogP contribution in [0, 0.1) is 0 Å². The van der Waals surface area contributed by atoms with Crippen molar-refractivity contribution in [2.75, 3.05) is 12.4 Å². The Morgan fingerprint density at radius 3 is 2.40 bits per heavy atom. The first-order chi connectivity index (χ1) is 14.4. The lowest BCUT2D eigenvalue weighted by Gasteiger charge is -2.29. The zero-order valence-corrected chi connectivity index (χ0v) is 16.7. The van der Waals surface area contributed by atoms with Gasteiger partial charge in [0.1, 0.15) is 11.6 Å². The van der Waals surface area contributed by atoms with Gasteiger partial charge in [0.25, 0.3) is 5.56 Å². The summed E-state index contributed by atoms with van der Waals surface area (Å²) in [5.41, 5.74) is 2.75. The first kappa shape index (κ1) is 18.2. The maximum absolute atomic E-state index is 13.4. The van der Waals surface area contributed by atoms with Gasteiger partial charge in [0.05, 0.1) is 18.4 Å². The van der Waals surface area contributed by atoms with Crippen LogP contribution in [0.1, 0.15) is 33.0 Å². The van der Waals surface area contributed by atoms with Crippen molar-refractivity contribution in [2.24, 2.45) is 14.1 Å². The molecule has 0 saturated heterocycles. The summed E-state index contributed by atoms with van der Waals surface area (Å²) >= 11 is 0. The fraction of sp³-hybridized carbons (Fsp3) is 0.174. The minimum Gasteiger partial charge on any atom is -0.497 e. The fourth-order valence-corrected chi connectivity index (χ4v) is 4.41. The fourth-order valence-electron chi connectivity index (χ4n) is 4.41. The molecule has 7 nitrogen and oxygen atoms in total. The molecule has 2 aliphatic rings. The third kappa shape index (κ3) is 2.29. The van der Waals surface area contributed by atoms with E-state index in [1.807, 2.05) is 42.5 Å². The van der Waals surface area contributed by atoms with Gasteiger partial charge in [0.2, 0.25) is 0 Å². The number of nitrogens with one attached hydrogen (secondary N) is 1. The van der Waals surface area contributed by atoms with Crippen LogP contribution >= 0.6 is 0 Å². The number of ketones is 1. The molecule has 0 saturated carbocycles. The van der Waals surface area contributed by atoms with Crippen molar-refractivity contribution in [3.8, 4) is 5.75 Å². The summed E-state index contributed by atoms with van der Waals surface area (Å²) < 4.78 is 7.87. The Kier molecular flexibility index (Phi) is 3.83. The molecule has 1 aliphatic heterocycles. The Balaban J connectivity index is 1.89. The van der Waals surface area contributed by atoms with E-state index in [9.17, 15) is 14.4 Å². The zero-order chi connectivity index (χ0) is 21.2. The molecule has 1 N–H and O–H groups in total. The third-order valence-electron chi connectivity index (χ3n) is 5.90. The lowest BCUT2D eigenvalue weighted by Crippen LogP contribution is -2.42. The van der Waals surface area contributed by atoms with Gasteiger partial charge in [-0.25, -0.2) is 4.79 Å². The highest BCUT2D eigenvalue weighted by atomic mass is 16.5. The largest absolute Gasteiger partial charge is 0.497 e. The number of hydrogen-bond acceptors (Lipinski definition) is 5. The highest BCUT2D eigenvalue weighted by molar-refractivity contribution is 6.23. The predicted molar refractivity (Wildman–Crippen MR) is 113 cm³/mol. The van der Waals surface area contributed by atoms with E-state index in [2.05, 4.69) is 5.32 Å². The normalized spacial score (nSPS) is 16.6. The maximum atomic E-state index is 13.4. The van der Waals surface area contributed by atoms with Gasteiger partial charge in [-0.1, -0.05) is 36.4 Å². The number of anilines is 1. The van der Waals surface area contributed by atoms with Gasteiger partial charge in [0, 0.05) is 36.7 Å². The Labute approximate surface area is 171 Å². The Morgan fingerprint density at radius 1 is 0.933 bits per heavy atom. The molecule has 7 heteroatoms. The molecule has 0 bridgehead atoms. The van der Waals surface area contributed by atoms with Crippen LogP contribution in [0.5, 0.6) is 5.75 Å². The van der Waals surface area contributed by atoms with E-state index < -0.39 is 17.2 Å². The van der Waals surface area contributed by atoms with Gasteiger partial charge in [-0.2, -0.15) is 0 Å². The van der Waals surface area contributed by atoms with E-state index in [4.69, 9.17) is 4.74 Å². The van der Waals surface area contributed by atoms with Crippen LogP contribution in [-0.4, -0.2) is 22.0 Å². The summed E-state index contributed by atoms with van der Waals surface area (Å²) in [4.78, 5) is 39.2. The maximum Gasteiger partial charge on any atom is 0.332 e. The number of benzene rings is 2. The first-order valence-corrected chi connectivity index (χ1v) is 9.53. The number of fused-ring (bicyclic) bond motifs is 3. The molecular weight excluding hydrogens is 382 g/mol. The molecule has 3 aromatic rings. The highest BCUT2D eigenvalue weighted by Gasteiger charge is 2.42. The van der Waals surface area contributed by atoms with Gasteiger partial charge in [0.15, 0.2) is 5.78 Å². The summed E-state index contributed by atoms with van der Waals surface area (Å²) in [7, 11) is 4.63. The molecule has 0 amide bonds. The van der Waals surface area contributed by atoms with Crippen LogP contribution in [0.25, 0.3) is 5.70 Å². The molecule has 0 radical (unpaired) electrons. The molecule has 2 aromatic carbocycles. The number of carbonyl (C=O) groups is 1. The molecule has 0 unspecified atom stereocenters. The van der Waals surface area contributed by atoms with E-state index in [0.717, 1.165) is 15.7 Å². The van der Waals surface area contributed by atoms with Crippen molar-refractivity contribution in [1.82, 2.24) is 9.13 Å². The van der Waals surface area contributed by atoms with Gasteiger partial charge in [-0.3, -0.25) is 18.7 Å². The van der Waals surface area contributed by atoms with Gasteiger partial charge in [-0.05, 0) is 17.7 Å². The first-order valence-electron chi connectivity index (χ1n) is 9.53. The molecule has 1 aromatic heterocycles. The summed E-state index contributed by atoms with van der Waals surface area (Å²) in [6.45, 7) is 0. The summed E-state index contributed by atoms with van der Waals surface area (Å²) in [6, 6.07) is 14.7. The predicted octanol–water partition coefficient (Wildman–Crippen LogP) is 2.26. The lowest BCUT2D eigenvalue weighted by atomic mass is 9.81. The molecule has 2 heterocycles. The molecule has 1 aliphatic carbocycles. The van der Waals surface area contributed by atoms with Crippen molar-refractivity contribution in [3.63, 3.8) is 0 Å². The second kappa shape index (κ2) is 6.32.